The SMILES string of the molecule is COc1cccc2c1CCCCN2C(=O)[C@@H]1C[C@H]2CC[C@H]1O2. The van der Waals surface area contributed by atoms with Crippen LogP contribution < -0.4 is 9.64 Å². The highest BCUT2D eigenvalue weighted by Gasteiger charge is 2.46. The minimum atomic E-state index is 0.0518. The zero-order valence-electron chi connectivity index (χ0n) is 13.1. The van der Waals surface area contributed by atoms with E-state index in [4.69, 9.17) is 9.47 Å². The fraction of sp³-hybridized carbons (Fsp3) is 0.611. The second-order valence-electron chi connectivity index (χ2n) is 6.62. The normalized spacial score (nSPS) is 30.0. The van der Waals surface area contributed by atoms with E-state index in [0.29, 0.717) is 6.10 Å². The van der Waals surface area contributed by atoms with E-state index in [0.717, 1.165) is 56.5 Å². The van der Waals surface area contributed by atoms with Gasteiger partial charge in [-0.3, -0.25) is 4.79 Å². The van der Waals surface area contributed by atoms with Crippen molar-refractivity contribution in [1.82, 2.24) is 0 Å². The van der Waals surface area contributed by atoms with Crippen LogP contribution in [-0.4, -0.2) is 31.8 Å². The molecule has 1 aromatic carbocycles. The third-order valence-electron chi connectivity index (χ3n) is 5.37. The Hall–Kier alpha value is -1.55. The number of hydrogen-bond acceptors (Lipinski definition) is 3. The highest BCUT2D eigenvalue weighted by molar-refractivity contribution is 5.97. The Kier molecular flexibility index (Phi) is 3.57. The molecule has 0 aromatic heterocycles. The molecule has 22 heavy (non-hydrogen) atoms. The minimum Gasteiger partial charge on any atom is -0.496 e. The Morgan fingerprint density at radius 2 is 2.23 bits per heavy atom. The fourth-order valence-corrected chi connectivity index (χ4v) is 4.27. The third kappa shape index (κ3) is 2.21. The summed E-state index contributed by atoms with van der Waals surface area (Å²) in [6.45, 7) is 0.812. The maximum Gasteiger partial charge on any atom is 0.232 e. The third-order valence-corrected chi connectivity index (χ3v) is 5.37. The van der Waals surface area contributed by atoms with Gasteiger partial charge in [-0.15, -0.1) is 0 Å². The van der Waals surface area contributed by atoms with Crippen molar-refractivity contribution in [2.75, 3.05) is 18.6 Å². The van der Waals surface area contributed by atoms with Crippen LogP contribution in [0.1, 0.15) is 37.7 Å². The topological polar surface area (TPSA) is 38.8 Å². The van der Waals surface area contributed by atoms with E-state index in [-0.39, 0.29) is 17.9 Å². The van der Waals surface area contributed by atoms with Crippen molar-refractivity contribution in [2.45, 2.75) is 50.7 Å². The summed E-state index contributed by atoms with van der Waals surface area (Å²) in [5, 5.41) is 0. The summed E-state index contributed by atoms with van der Waals surface area (Å²) >= 11 is 0. The minimum absolute atomic E-state index is 0.0518. The van der Waals surface area contributed by atoms with Crippen LogP contribution in [0.4, 0.5) is 5.69 Å². The molecular weight excluding hydrogens is 278 g/mol. The van der Waals surface area contributed by atoms with Crippen LogP contribution in [0.25, 0.3) is 0 Å². The van der Waals surface area contributed by atoms with Crippen molar-refractivity contribution in [3.05, 3.63) is 23.8 Å². The number of ether oxygens (including phenoxy) is 2. The first-order valence-electron chi connectivity index (χ1n) is 8.40. The summed E-state index contributed by atoms with van der Waals surface area (Å²) in [5.74, 6) is 1.21. The zero-order chi connectivity index (χ0) is 15.1. The number of amides is 1. The van der Waals surface area contributed by atoms with Gasteiger partial charge in [-0.25, -0.2) is 0 Å². The van der Waals surface area contributed by atoms with Crippen molar-refractivity contribution >= 4 is 11.6 Å². The molecular formula is C18H23NO3. The van der Waals surface area contributed by atoms with Gasteiger partial charge in [0, 0.05) is 12.1 Å². The first kappa shape index (κ1) is 14.1. The Morgan fingerprint density at radius 1 is 1.32 bits per heavy atom. The highest BCUT2D eigenvalue weighted by Crippen LogP contribution is 2.41. The molecule has 0 radical (unpaired) electrons. The van der Waals surface area contributed by atoms with Crippen LogP contribution in [0.2, 0.25) is 0 Å². The molecule has 0 spiro atoms. The Morgan fingerprint density at radius 3 is 2.95 bits per heavy atom. The molecule has 0 aliphatic carbocycles. The molecule has 3 aliphatic heterocycles. The van der Waals surface area contributed by atoms with Gasteiger partial charge in [0.2, 0.25) is 5.91 Å². The van der Waals surface area contributed by atoms with Gasteiger partial charge in [-0.05, 0) is 50.7 Å². The van der Waals surface area contributed by atoms with E-state index in [9.17, 15) is 4.79 Å². The van der Waals surface area contributed by atoms with Crippen LogP contribution >= 0.6 is 0 Å². The van der Waals surface area contributed by atoms with Crippen LogP contribution in [0.15, 0.2) is 18.2 Å². The van der Waals surface area contributed by atoms with E-state index in [1.165, 1.54) is 5.56 Å². The van der Waals surface area contributed by atoms with E-state index in [2.05, 4.69) is 6.07 Å². The van der Waals surface area contributed by atoms with Gasteiger partial charge in [0.15, 0.2) is 0 Å². The molecule has 0 N–H and O–H groups in total. The molecule has 2 bridgehead atoms. The Bertz CT molecular complexity index is 586. The molecule has 1 aromatic rings. The average Bonchev–Trinajstić information content (AvgIpc) is 3.11. The molecule has 3 heterocycles. The monoisotopic (exact) mass is 301 g/mol. The summed E-state index contributed by atoms with van der Waals surface area (Å²) in [7, 11) is 1.70. The van der Waals surface area contributed by atoms with Gasteiger partial charge in [0.25, 0.3) is 0 Å². The van der Waals surface area contributed by atoms with Crippen molar-refractivity contribution in [3.63, 3.8) is 0 Å². The quantitative estimate of drug-likeness (QED) is 0.843. The predicted molar refractivity (Wildman–Crippen MR) is 84.3 cm³/mol. The number of nitrogens with zero attached hydrogens (tertiary/aromatic N) is 1. The molecule has 1 amide bonds. The summed E-state index contributed by atoms with van der Waals surface area (Å²) < 4.78 is 11.4. The summed E-state index contributed by atoms with van der Waals surface area (Å²) in [6, 6.07) is 6.04. The van der Waals surface area contributed by atoms with Gasteiger partial charge in [0.1, 0.15) is 5.75 Å². The molecule has 4 rings (SSSR count). The van der Waals surface area contributed by atoms with E-state index in [1.54, 1.807) is 7.11 Å². The number of anilines is 1. The van der Waals surface area contributed by atoms with Gasteiger partial charge >= 0.3 is 0 Å². The van der Waals surface area contributed by atoms with E-state index in [1.807, 2.05) is 17.0 Å². The average molecular weight is 301 g/mol. The number of benzene rings is 1. The second-order valence-corrected chi connectivity index (χ2v) is 6.62. The molecule has 3 atom stereocenters. The largest absolute Gasteiger partial charge is 0.496 e. The van der Waals surface area contributed by atoms with Crippen molar-refractivity contribution in [1.29, 1.82) is 0 Å². The molecule has 0 saturated carbocycles. The number of carbonyl (C=O) groups excluding carboxylic acids is 1. The number of hydrogen-bond donors (Lipinski definition) is 0. The number of carbonyl (C=O) groups is 1. The Labute approximate surface area is 131 Å². The lowest BCUT2D eigenvalue weighted by atomic mass is 9.88. The lowest BCUT2D eigenvalue weighted by Gasteiger charge is -2.28. The molecule has 2 saturated heterocycles. The molecule has 3 aliphatic rings. The number of rotatable bonds is 2. The van der Waals surface area contributed by atoms with Crippen LogP contribution in [0.3, 0.4) is 0 Å². The number of fused-ring (bicyclic) bond motifs is 3. The van der Waals surface area contributed by atoms with Gasteiger partial charge in [-0.2, -0.15) is 0 Å². The van der Waals surface area contributed by atoms with Crippen LogP contribution in [0.5, 0.6) is 5.75 Å². The van der Waals surface area contributed by atoms with Gasteiger partial charge in [0.05, 0.1) is 30.9 Å². The summed E-state index contributed by atoms with van der Waals surface area (Å²) in [5.41, 5.74) is 2.23. The maximum atomic E-state index is 13.1. The van der Waals surface area contributed by atoms with Crippen molar-refractivity contribution in [3.8, 4) is 5.75 Å². The van der Waals surface area contributed by atoms with Crippen LogP contribution in [-0.2, 0) is 16.0 Å². The standard InChI is InChI=1S/C18H23NO3/c1-21-16-7-4-6-15-13(16)5-2-3-10-19(15)18(20)14-11-12-8-9-17(14)22-12/h4,6-7,12,14,17H,2-3,5,8-11H2,1H3/t12-,14-,17-/m1/s1. The van der Waals surface area contributed by atoms with Crippen molar-refractivity contribution in [2.24, 2.45) is 5.92 Å². The van der Waals surface area contributed by atoms with E-state index >= 15 is 0 Å². The first-order chi connectivity index (χ1) is 10.8. The second kappa shape index (κ2) is 5.58. The maximum absolute atomic E-state index is 13.1. The molecule has 2 fully saturated rings. The number of methoxy groups -OCH3 is 1. The lowest BCUT2D eigenvalue weighted by molar-refractivity contribution is -0.123. The molecule has 118 valence electrons. The lowest BCUT2D eigenvalue weighted by Crippen LogP contribution is -2.40. The molecule has 4 nitrogen and oxygen atoms in total. The zero-order valence-corrected chi connectivity index (χ0v) is 13.1. The smallest absolute Gasteiger partial charge is 0.232 e. The van der Waals surface area contributed by atoms with Gasteiger partial charge in [-0.1, -0.05) is 6.07 Å². The first-order valence-corrected chi connectivity index (χ1v) is 8.40. The molecule has 0 unspecified atom stereocenters. The fourth-order valence-electron chi connectivity index (χ4n) is 4.27. The predicted octanol–water partition coefficient (Wildman–Crippen LogP) is 2.93. The van der Waals surface area contributed by atoms with Crippen molar-refractivity contribution < 1.29 is 14.3 Å². The van der Waals surface area contributed by atoms with Crippen LogP contribution in [0, 0.1) is 5.92 Å². The highest BCUT2D eigenvalue weighted by atomic mass is 16.5. The summed E-state index contributed by atoms with van der Waals surface area (Å²) in [6.07, 6.45) is 6.66. The molecule has 4 heteroatoms. The van der Waals surface area contributed by atoms with Gasteiger partial charge < -0.3 is 14.4 Å². The van der Waals surface area contributed by atoms with E-state index < -0.39 is 0 Å². The Balaban J connectivity index is 1.66. The summed E-state index contributed by atoms with van der Waals surface area (Å²) in [4.78, 5) is 15.1.